The zero-order valence-electron chi connectivity index (χ0n) is 6.83. The summed E-state index contributed by atoms with van der Waals surface area (Å²) in [6.07, 6.45) is 1.13. The molecule has 1 amide bonds. The average Bonchev–Trinajstić information content (AvgIpc) is 1.99. The summed E-state index contributed by atoms with van der Waals surface area (Å²) in [5.74, 6) is 0.0151. The third-order valence-electron chi connectivity index (χ3n) is 1.76. The molecule has 0 radical (unpaired) electrons. The Morgan fingerprint density at radius 1 is 1.75 bits per heavy atom. The van der Waals surface area contributed by atoms with Crippen molar-refractivity contribution in [2.75, 3.05) is 26.4 Å². The lowest BCUT2D eigenvalue weighted by Gasteiger charge is -2.36. The molecule has 0 aromatic carbocycles. The number of carbonyl (C=O) groups is 1. The van der Waals surface area contributed by atoms with Gasteiger partial charge in [0.15, 0.2) is 0 Å². The number of nitrogens with zero attached hydrogens (tertiary/aromatic N) is 1. The summed E-state index contributed by atoms with van der Waals surface area (Å²) in [5, 5.41) is 0. The highest BCUT2D eigenvalue weighted by molar-refractivity contribution is 5.68. The quantitative estimate of drug-likeness (QED) is 0.600. The minimum absolute atomic E-state index is 0.0151. The minimum Gasteiger partial charge on any atom is -0.445 e. The highest BCUT2D eigenvalue weighted by Gasteiger charge is 2.31. The molecule has 0 atom stereocenters. The highest BCUT2D eigenvalue weighted by atomic mass is 19.1. The molecule has 1 rings (SSSR count). The summed E-state index contributed by atoms with van der Waals surface area (Å²) in [6, 6.07) is 0. The van der Waals surface area contributed by atoms with Gasteiger partial charge in [0, 0.05) is 19.0 Å². The second kappa shape index (κ2) is 4.09. The van der Waals surface area contributed by atoms with Crippen LogP contribution in [0.15, 0.2) is 12.7 Å². The first kappa shape index (κ1) is 9.03. The molecule has 1 aliphatic heterocycles. The van der Waals surface area contributed by atoms with E-state index < -0.39 is 0 Å². The smallest absolute Gasteiger partial charge is 0.410 e. The Kier molecular flexibility index (Phi) is 3.08. The van der Waals surface area contributed by atoms with Crippen molar-refractivity contribution in [1.82, 2.24) is 4.90 Å². The van der Waals surface area contributed by atoms with Crippen LogP contribution in [-0.2, 0) is 4.74 Å². The zero-order chi connectivity index (χ0) is 8.97. The topological polar surface area (TPSA) is 29.5 Å². The maximum atomic E-state index is 11.9. The lowest BCUT2D eigenvalue weighted by Crippen LogP contribution is -2.50. The number of rotatable bonds is 3. The number of halogens is 1. The van der Waals surface area contributed by atoms with Gasteiger partial charge in [-0.1, -0.05) is 12.7 Å². The van der Waals surface area contributed by atoms with E-state index in [0.29, 0.717) is 13.1 Å². The monoisotopic (exact) mass is 173 g/mol. The predicted molar refractivity (Wildman–Crippen MR) is 42.6 cm³/mol. The second-order valence-electron chi connectivity index (χ2n) is 2.79. The number of carbonyl (C=O) groups excluding carboxylic acids is 1. The fourth-order valence-electron chi connectivity index (χ4n) is 1.04. The molecule has 1 heterocycles. The number of alkyl halides is 1. The summed E-state index contributed by atoms with van der Waals surface area (Å²) in [7, 11) is 0. The molecule has 3 nitrogen and oxygen atoms in total. The molecular formula is C8H12FNO2. The van der Waals surface area contributed by atoms with Gasteiger partial charge in [0.1, 0.15) is 6.61 Å². The molecule has 1 saturated heterocycles. The first-order valence-electron chi connectivity index (χ1n) is 3.86. The van der Waals surface area contributed by atoms with Crippen LogP contribution in [-0.4, -0.2) is 37.4 Å². The van der Waals surface area contributed by atoms with Gasteiger partial charge in [0.2, 0.25) is 0 Å². The second-order valence-corrected chi connectivity index (χ2v) is 2.79. The van der Waals surface area contributed by atoms with Crippen LogP contribution in [0.1, 0.15) is 0 Å². The summed E-state index contributed by atoms with van der Waals surface area (Å²) >= 11 is 0. The summed E-state index contributed by atoms with van der Waals surface area (Å²) in [5.41, 5.74) is 0. The summed E-state index contributed by atoms with van der Waals surface area (Å²) < 4.78 is 16.7. The van der Waals surface area contributed by atoms with Crippen molar-refractivity contribution in [3.05, 3.63) is 12.7 Å². The normalized spacial score (nSPS) is 16.9. The van der Waals surface area contributed by atoms with Crippen LogP contribution in [0.25, 0.3) is 0 Å². The largest absolute Gasteiger partial charge is 0.445 e. The molecule has 1 fully saturated rings. The zero-order valence-corrected chi connectivity index (χ0v) is 6.83. The van der Waals surface area contributed by atoms with E-state index in [1.165, 1.54) is 11.0 Å². The van der Waals surface area contributed by atoms with Gasteiger partial charge in [-0.15, -0.1) is 0 Å². The van der Waals surface area contributed by atoms with E-state index in [2.05, 4.69) is 6.58 Å². The molecule has 0 saturated carbocycles. The Bertz CT molecular complexity index is 178. The molecule has 4 heteroatoms. The molecule has 1 aliphatic rings. The fraction of sp³-hybridized carbons (Fsp3) is 0.625. The Morgan fingerprint density at radius 2 is 2.42 bits per heavy atom. The fourth-order valence-corrected chi connectivity index (χ4v) is 1.04. The van der Waals surface area contributed by atoms with Crippen molar-refractivity contribution in [1.29, 1.82) is 0 Å². The number of hydrogen-bond acceptors (Lipinski definition) is 2. The molecule has 0 aromatic rings. The Balaban J connectivity index is 2.14. The van der Waals surface area contributed by atoms with Gasteiger partial charge in [-0.25, -0.2) is 4.79 Å². The van der Waals surface area contributed by atoms with Crippen LogP contribution in [0.2, 0.25) is 0 Å². The number of ether oxygens (including phenoxy) is 1. The third-order valence-corrected chi connectivity index (χ3v) is 1.76. The maximum absolute atomic E-state index is 11.9. The van der Waals surface area contributed by atoms with Crippen LogP contribution in [0.3, 0.4) is 0 Å². The van der Waals surface area contributed by atoms with Crippen LogP contribution in [0, 0.1) is 5.92 Å². The number of likely N-dealkylation sites (tertiary alicyclic amines) is 1. The van der Waals surface area contributed by atoms with E-state index in [-0.39, 0.29) is 25.3 Å². The van der Waals surface area contributed by atoms with Crippen LogP contribution >= 0.6 is 0 Å². The lowest BCUT2D eigenvalue weighted by molar-refractivity contribution is 0.0520. The third kappa shape index (κ3) is 1.96. The van der Waals surface area contributed by atoms with Crippen LogP contribution in [0.4, 0.5) is 9.18 Å². The molecule has 0 aromatic heterocycles. The first-order valence-corrected chi connectivity index (χ1v) is 3.86. The molecule has 0 unspecified atom stereocenters. The van der Waals surface area contributed by atoms with E-state index in [1.807, 2.05) is 0 Å². The Labute approximate surface area is 70.8 Å². The molecule has 0 bridgehead atoms. The van der Waals surface area contributed by atoms with Crippen molar-refractivity contribution in [3.63, 3.8) is 0 Å². The number of hydrogen-bond donors (Lipinski definition) is 0. The SMILES string of the molecule is C=CCOC(=O)N1CC(CF)C1. The molecular weight excluding hydrogens is 161 g/mol. The molecule has 68 valence electrons. The molecule has 0 N–H and O–H groups in total. The minimum atomic E-state index is -0.375. The van der Waals surface area contributed by atoms with Gasteiger partial charge >= 0.3 is 6.09 Å². The van der Waals surface area contributed by atoms with Gasteiger partial charge in [-0.2, -0.15) is 0 Å². The molecule has 0 aliphatic carbocycles. The van der Waals surface area contributed by atoms with Gasteiger partial charge in [0.05, 0.1) is 6.67 Å². The van der Waals surface area contributed by atoms with Crippen LogP contribution in [0.5, 0.6) is 0 Å². The highest BCUT2D eigenvalue weighted by Crippen LogP contribution is 2.16. The summed E-state index contributed by atoms with van der Waals surface area (Å²) in [4.78, 5) is 12.5. The van der Waals surface area contributed by atoms with E-state index in [9.17, 15) is 9.18 Å². The molecule has 12 heavy (non-hydrogen) atoms. The number of amides is 1. The maximum Gasteiger partial charge on any atom is 0.410 e. The molecule has 0 spiro atoms. The predicted octanol–water partition coefficient (Wildman–Crippen LogP) is 1.21. The van der Waals surface area contributed by atoms with Crippen molar-refractivity contribution in [3.8, 4) is 0 Å². The van der Waals surface area contributed by atoms with Crippen LogP contribution < -0.4 is 0 Å². The van der Waals surface area contributed by atoms with Gasteiger partial charge in [-0.3, -0.25) is 4.39 Å². The van der Waals surface area contributed by atoms with E-state index in [1.54, 1.807) is 0 Å². The van der Waals surface area contributed by atoms with Crippen molar-refractivity contribution >= 4 is 6.09 Å². The summed E-state index contributed by atoms with van der Waals surface area (Å²) in [6.45, 7) is 4.23. The first-order chi connectivity index (χ1) is 5.77. The average molecular weight is 173 g/mol. The van der Waals surface area contributed by atoms with Gasteiger partial charge in [-0.05, 0) is 0 Å². The standard InChI is InChI=1S/C8H12FNO2/c1-2-3-12-8(11)10-5-7(4-9)6-10/h2,7H,1,3-6H2. The van der Waals surface area contributed by atoms with Gasteiger partial charge in [0.25, 0.3) is 0 Å². The van der Waals surface area contributed by atoms with Crippen molar-refractivity contribution in [2.45, 2.75) is 0 Å². The van der Waals surface area contributed by atoms with E-state index >= 15 is 0 Å². The van der Waals surface area contributed by atoms with Crippen molar-refractivity contribution < 1.29 is 13.9 Å². The van der Waals surface area contributed by atoms with E-state index in [4.69, 9.17) is 4.74 Å². The van der Waals surface area contributed by atoms with Crippen molar-refractivity contribution in [2.24, 2.45) is 5.92 Å². The lowest BCUT2D eigenvalue weighted by atomic mass is 10.0. The Hall–Kier alpha value is -1.06. The van der Waals surface area contributed by atoms with E-state index in [0.717, 1.165) is 0 Å². The Morgan fingerprint density at radius 3 is 2.92 bits per heavy atom. The van der Waals surface area contributed by atoms with Gasteiger partial charge < -0.3 is 9.64 Å².